The van der Waals surface area contributed by atoms with Gasteiger partial charge in [0.05, 0.1) is 13.2 Å². The molecule has 1 aliphatic rings. The van der Waals surface area contributed by atoms with Crippen LogP contribution < -0.4 is 16.2 Å². The van der Waals surface area contributed by atoms with Crippen LogP contribution in [0.2, 0.25) is 10.0 Å². The Morgan fingerprint density at radius 1 is 1.12 bits per heavy atom. The van der Waals surface area contributed by atoms with Gasteiger partial charge in [-0.05, 0) is 32.0 Å². The fraction of sp³-hybridized carbons (Fsp3) is 0.429. The molecule has 0 bridgehead atoms. The van der Waals surface area contributed by atoms with Crippen molar-refractivity contribution in [3.05, 3.63) is 28.2 Å². The maximum absolute atomic E-state index is 5.91. The van der Waals surface area contributed by atoms with Crippen molar-refractivity contribution in [1.82, 2.24) is 5.06 Å². The van der Waals surface area contributed by atoms with E-state index in [1.54, 1.807) is 18.2 Å². The zero-order valence-electron chi connectivity index (χ0n) is 13.3. The van der Waals surface area contributed by atoms with Crippen LogP contribution in [0, 0.1) is 0 Å². The van der Waals surface area contributed by atoms with Gasteiger partial charge in [0.25, 0.3) is 0 Å². The maximum Gasteiger partial charge on any atom is 0.226 e. The van der Waals surface area contributed by atoms with Crippen molar-refractivity contribution < 1.29 is 9.57 Å². The first kappa shape index (κ1) is 20.8. The number of benzene rings is 1. The molecule has 1 aromatic rings. The van der Waals surface area contributed by atoms with E-state index in [0.29, 0.717) is 35.4 Å². The third-order valence-corrected chi connectivity index (χ3v) is 3.37. The fourth-order valence-corrected chi connectivity index (χ4v) is 2.54. The number of guanidine groups is 2. The van der Waals surface area contributed by atoms with Crippen molar-refractivity contribution >= 4 is 52.1 Å². The summed E-state index contributed by atoms with van der Waals surface area (Å²) >= 11 is 11.8. The topological polar surface area (TPSA) is 98.5 Å². The third-order valence-electron chi connectivity index (χ3n) is 2.94. The monoisotopic (exact) mass is 439 g/mol. The molecule has 2 rings (SSSR count). The molecule has 0 amide bonds. The summed E-state index contributed by atoms with van der Waals surface area (Å²) in [6.07, 6.45) is 0.628. The summed E-state index contributed by atoms with van der Waals surface area (Å²) in [5, 5.41) is 2.48. The summed E-state index contributed by atoms with van der Waals surface area (Å²) in [6, 6.07) is 5.04. The highest BCUT2D eigenvalue weighted by Gasteiger charge is 2.32. The van der Waals surface area contributed by atoms with Crippen LogP contribution in [0.15, 0.2) is 28.2 Å². The standard InChI is InChI=1S/C14H19Cl2N5O2.BrH/c1-14(2)20-12(17)19-13(18)21(14)23-5-3-4-22-11-7-9(15)6-10(16)8-11;/h6-8H,3-5H2,1-2H3,(H4,17,18,19,20);1H. The summed E-state index contributed by atoms with van der Waals surface area (Å²) < 4.78 is 5.58. The van der Waals surface area contributed by atoms with Gasteiger partial charge in [0.1, 0.15) is 5.75 Å². The Morgan fingerprint density at radius 2 is 1.75 bits per heavy atom. The quantitative estimate of drug-likeness (QED) is 0.662. The molecule has 1 aromatic carbocycles. The summed E-state index contributed by atoms with van der Waals surface area (Å²) in [6.45, 7) is 4.47. The van der Waals surface area contributed by atoms with Gasteiger partial charge >= 0.3 is 0 Å². The van der Waals surface area contributed by atoms with Crippen LogP contribution in [0.25, 0.3) is 0 Å². The Balaban J connectivity index is 0.00000288. The Labute approximate surface area is 161 Å². The van der Waals surface area contributed by atoms with Crippen molar-refractivity contribution in [2.75, 3.05) is 13.2 Å². The molecule has 0 aromatic heterocycles. The van der Waals surface area contributed by atoms with Crippen molar-refractivity contribution in [3.63, 3.8) is 0 Å². The Hall–Kier alpha value is -1.22. The number of halogens is 3. The number of aliphatic imine (C=N–C) groups is 2. The second kappa shape index (κ2) is 8.75. The fourth-order valence-electron chi connectivity index (χ4n) is 2.03. The van der Waals surface area contributed by atoms with E-state index < -0.39 is 5.66 Å². The third kappa shape index (κ3) is 5.70. The van der Waals surface area contributed by atoms with Crippen LogP contribution in [0.5, 0.6) is 5.75 Å². The predicted molar refractivity (Wildman–Crippen MR) is 102 cm³/mol. The summed E-state index contributed by atoms with van der Waals surface area (Å²) in [5.41, 5.74) is 10.7. The largest absolute Gasteiger partial charge is 0.493 e. The Kier molecular flexibility index (Phi) is 7.59. The molecular formula is C14H20BrCl2N5O2. The number of hydrogen-bond donors (Lipinski definition) is 2. The Bertz CT molecular complexity index is 619. The second-order valence-corrected chi connectivity index (χ2v) is 6.24. The van der Waals surface area contributed by atoms with E-state index >= 15 is 0 Å². The lowest BCUT2D eigenvalue weighted by Crippen LogP contribution is -2.53. The molecule has 7 nitrogen and oxygen atoms in total. The molecule has 1 heterocycles. The van der Waals surface area contributed by atoms with Crippen LogP contribution in [-0.2, 0) is 4.84 Å². The number of hydrogen-bond acceptors (Lipinski definition) is 7. The molecule has 10 heteroatoms. The van der Waals surface area contributed by atoms with E-state index in [4.69, 9.17) is 44.2 Å². The molecule has 0 unspecified atom stereocenters. The molecule has 4 N–H and O–H groups in total. The van der Waals surface area contributed by atoms with Gasteiger partial charge in [-0.2, -0.15) is 10.1 Å². The highest BCUT2D eigenvalue weighted by molar-refractivity contribution is 8.93. The van der Waals surface area contributed by atoms with E-state index in [1.165, 1.54) is 5.06 Å². The average molecular weight is 441 g/mol. The van der Waals surface area contributed by atoms with E-state index in [1.807, 2.05) is 13.8 Å². The van der Waals surface area contributed by atoms with Crippen LogP contribution in [0.4, 0.5) is 0 Å². The minimum absolute atomic E-state index is 0. The molecular weight excluding hydrogens is 421 g/mol. The highest BCUT2D eigenvalue weighted by atomic mass is 79.9. The van der Waals surface area contributed by atoms with E-state index in [0.717, 1.165) is 0 Å². The van der Waals surface area contributed by atoms with Crippen LogP contribution >= 0.6 is 40.2 Å². The number of hydroxylamine groups is 2. The lowest BCUT2D eigenvalue weighted by atomic mass is 10.2. The molecule has 0 saturated heterocycles. The molecule has 0 saturated carbocycles. The molecule has 24 heavy (non-hydrogen) atoms. The van der Waals surface area contributed by atoms with Gasteiger partial charge in [0, 0.05) is 16.5 Å². The van der Waals surface area contributed by atoms with E-state index in [-0.39, 0.29) is 28.9 Å². The van der Waals surface area contributed by atoms with Crippen molar-refractivity contribution in [1.29, 1.82) is 0 Å². The number of nitrogens with zero attached hydrogens (tertiary/aromatic N) is 3. The highest BCUT2D eigenvalue weighted by Crippen LogP contribution is 2.24. The number of nitrogens with two attached hydrogens (primary N) is 2. The first-order chi connectivity index (χ1) is 10.8. The predicted octanol–water partition coefficient (Wildman–Crippen LogP) is 2.95. The zero-order chi connectivity index (χ0) is 17.0. The van der Waals surface area contributed by atoms with Crippen molar-refractivity contribution in [2.45, 2.75) is 25.9 Å². The number of rotatable bonds is 6. The molecule has 134 valence electrons. The average Bonchev–Trinajstić information content (AvgIpc) is 2.38. The van der Waals surface area contributed by atoms with Gasteiger partial charge in [0.2, 0.25) is 11.9 Å². The molecule has 0 aliphatic carbocycles. The first-order valence-corrected chi connectivity index (χ1v) is 7.75. The second-order valence-electron chi connectivity index (χ2n) is 5.37. The summed E-state index contributed by atoms with van der Waals surface area (Å²) in [4.78, 5) is 13.7. The summed E-state index contributed by atoms with van der Waals surface area (Å²) in [7, 11) is 0. The van der Waals surface area contributed by atoms with Crippen molar-refractivity contribution in [2.24, 2.45) is 21.5 Å². The van der Waals surface area contributed by atoms with Gasteiger partial charge < -0.3 is 16.2 Å². The molecule has 0 radical (unpaired) electrons. The van der Waals surface area contributed by atoms with Gasteiger partial charge in [-0.3, -0.25) is 4.84 Å². The lowest BCUT2D eigenvalue weighted by Gasteiger charge is -2.36. The van der Waals surface area contributed by atoms with E-state index in [9.17, 15) is 0 Å². The van der Waals surface area contributed by atoms with E-state index in [2.05, 4.69) is 9.98 Å². The normalized spacial score (nSPS) is 16.1. The minimum Gasteiger partial charge on any atom is -0.493 e. The SMILES string of the molecule is Br.CC1(C)N=C(N)N=C(N)N1OCCCOc1cc(Cl)cc(Cl)c1. The molecule has 0 atom stereocenters. The van der Waals surface area contributed by atoms with Gasteiger partial charge in [-0.25, -0.2) is 4.99 Å². The first-order valence-electron chi connectivity index (χ1n) is 6.99. The van der Waals surface area contributed by atoms with Gasteiger partial charge in [0.15, 0.2) is 5.66 Å². The van der Waals surface area contributed by atoms with Crippen LogP contribution in [0.1, 0.15) is 20.3 Å². The number of ether oxygens (including phenoxy) is 1. The van der Waals surface area contributed by atoms with Gasteiger partial charge in [-0.1, -0.05) is 23.2 Å². The Morgan fingerprint density at radius 3 is 2.33 bits per heavy atom. The van der Waals surface area contributed by atoms with Gasteiger partial charge in [-0.15, -0.1) is 17.0 Å². The maximum atomic E-state index is 5.91. The lowest BCUT2D eigenvalue weighted by molar-refractivity contribution is -0.158. The summed E-state index contributed by atoms with van der Waals surface area (Å²) in [5.74, 6) is 0.915. The molecule has 0 spiro atoms. The molecule has 1 aliphatic heterocycles. The van der Waals surface area contributed by atoms with Crippen molar-refractivity contribution in [3.8, 4) is 5.75 Å². The smallest absolute Gasteiger partial charge is 0.226 e. The minimum atomic E-state index is -0.711. The molecule has 0 fully saturated rings. The van der Waals surface area contributed by atoms with Crippen LogP contribution in [0.3, 0.4) is 0 Å². The zero-order valence-corrected chi connectivity index (χ0v) is 16.6. The van der Waals surface area contributed by atoms with Crippen LogP contribution in [-0.4, -0.2) is 35.9 Å².